The van der Waals surface area contributed by atoms with Crippen LogP contribution in [0.2, 0.25) is 0 Å². The van der Waals surface area contributed by atoms with Gasteiger partial charge in [-0.1, -0.05) is 6.07 Å². The maximum Gasteiger partial charge on any atom is 0.264 e. The van der Waals surface area contributed by atoms with Crippen molar-refractivity contribution in [2.75, 3.05) is 37.9 Å². The molecule has 0 heterocycles. The van der Waals surface area contributed by atoms with E-state index in [1.165, 1.54) is 4.31 Å². The van der Waals surface area contributed by atoms with Crippen molar-refractivity contribution in [2.45, 2.75) is 23.1 Å². The molecule has 1 amide bonds. The number of hydrogen-bond donors (Lipinski definition) is 1. The number of hydrogen-bond acceptors (Lipinski definition) is 6. The zero-order valence-electron chi connectivity index (χ0n) is 20.3. The molecule has 7 nitrogen and oxygen atoms in total. The minimum atomic E-state index is -3.71. The number of thioether (sulfide) groups is 1. The number of rotatable bonds is 11. The van der Waals surface area contributed by atoms with Gasteiger partial charge < -0.3 is 14.8 Å². The lowest BCUT2D eigenvalue weighted by Crippen LogP contribution is -2.31. The predicted octanol–water partition coefficient (Wildman–Crippen LogP) is 4.61. The third-order valence-electron chi connectivity index (χ3n) is 5.50. The molecule has 3 aromatic carbocycles. The molecule has 186 valence electrons. The van der Waals surface area contributed by atoms with Crippen LogP contribution in [0.5, 0.6) is 11.5 Å². The van der Waals surface area contributed by atoms with Crippen LogP contribution in [-0.2, 0) is 16.4 Å². The molecule has 0 saturated heterocycles. The molecule has 0 atom stereocenters. The number of amides is 1. The molecule has 0 saturated carbocycles. The normalized spacial score (nSPS) is 11.1. The summed E-state index contributed by atoms with van der Waals surface area (Å²) in [5, 5.41) is 2.90. The quantitative estimate of drug-likeness (QED) is 0.376. The molecule has 0 unspecified atom stereocenters. The molecule has 0 bridgehead atoms. The summed E-state index contributed by atoms with van der Waals surface area (Å²) in [4.78, 5) is 13.8. The lowest BCUT2D eigenvalue weighted by Gasteiger charge is -2.23. The van der Waals surface area contributed by atoms with Gasteiger partial charge in [0.1, 0.15) is 0 Å². The number of benzene rings is 3. The van der Waals surface area contributed by atoms with Crippen molar-refractivity contribution in [1.82, 2.24) is 5.32 Å². The van der Waals surface area contributed by atoms with Crippen molar-refractivity contribution in [2.24, 2.45) is 0 Å². The summed E-state index contributed by atoms with van der Waals surface area (Å²) in [6, 6.07) is 19.0. The molecule has 0 aliphatic rings. The van der Waals surface area contributed by atoms with Gasteiger partial charge in [0.15, 0.2) is 11.5 Å². The van der Waals surface area contributed by atoms with Crippen LogP contribution in [0.4, 0.5) is 5.69 Å². The fourth-order valence-electron chi connectivity index (χ4n) is 3.60. The van der Waals surface area contributed by atoms with E-state index in [2.05, 4.69) is 5.32 Å². The molecular formula is C26H30N2O5S2. The molecule has 0 spiro atoms. The largest absolute Gasteiger partial charge is 0.493 e. The van der Waals surface area contributed by atoms with Crippen molar-refractivity contribution in [1.29, 1.82) is 0 Å². The van der Waals surface area contributed by atoms with Crippen LogP contribution in [0.3, 0.4) is 0 Å². The van der Waals surface area contributed by atoms with Crippen LogP contribution in [0.15, 0.2) is 76.5 Å². The monoisotopic (exact) mass is 514 g/mol. The van der Waals surface area contributed by atoms with Crippen molar-refractivity contribution in [3.05, 3.63) is 77.9 Å². The number of carbonyl (C=O) groups is 1. The summed E-state index contributed by atoms with van der Waals surface area (Å²) in [5.41, 5.74) is 1.97. The highest BCUT2D eigenvalue weighted by atomic mass is 32.2. The van der Waals surface area contributed by atoms with Crippen LogP contribution in [0.25, 0.3) is 0 Å². The Balaban J connectivity index is 1.65. The number of carbonyl (C=O) groups excluding carboxylic acids is 1. The number of methoxy groups -OCH3 is 2. The molecule has 35 heavy (non-hydrogen) atoms. The fourth-order valence-corrected chi connectivity index (χ4v) is 5.49. The van der Waals surface area contributed by atoms with Crippen molar-refractivity contribution < 1.29 is 22.7 Å². The van der Waals surface area contributed by atoms with Crippen LogP contribution >= 0.6 is 11.8 Å². The second kappa shape index (κ2) is 12.0. The van der Waals surface area contributed by atoms with Gasteiger partial charge in [0.25, 0.3) is 15.9 Å². The average molecular weight is 515 g/mol. The topological polar surface area (TPSA) is 84.9 Å². The summed E-state index contributed by atoms with van der Waals surface area (Å²) in [7, 11) is -0.547. The maximum atomic E-state index is 13.2. The van der Waals surface area contributed by atoms with E-state index in [9.17, 15) is 13.2 Å². The summed E-state index contributed by atoms with van der Waals surface area (Å²) < 4.78 is 38.2. The first kappa shape index (κ1) is 26.4. The van der Waals surface area contributed by atoms with Gasteiger partial charge in [-0.3, -0.25) is 9.10 Å². The van der Waals surface area contributed by atoms with Gasteiger partial charge in [-0.2, -0.15) is 0 Å². The van der Waals surface area contributed by atoms with Gasteiger partial charge in [-0.15, -0.1) is 11.8 Å². The van der Waals surface area contributed by atoms with E-state index in [1.54, 1.807) is 81.4 Å². The zero-order chi connectivity index (χ0) is 25.4. The molecule has 0 radical (unpaired) electrons. The Morgan fingerprint density at radius 1 is 0.943 bits per heavy atom. The molecule has 3 rings (SSSR count). The molecule has 1 N–H and O–H groups in total. The standard InChI is InChI=1S/C26H30N2O5S2/c1-5-28(35(30,31)23-13-11-22(34-4)12-14-23)21-9-7-20(8-10-21)26(29)27-17-16-19-6-15-24(32-2)25(18-19)33-3/h6-15,18H,5,16-17H2,1-4H3,(H,27,29). The third-order valence-corrected chi connectivity index (χ3v) is 8.16. The lowest BCUT2D eigenvalue weighted by atomic mass is 10.1. The molecular weight excluding hydrogens is 484 g/mol. The molecule has 0 aromatic heterocycles. The number of ether oxygens (including phenoxy) is 2. The van der Waals surface area contributed by atoms with Crippen LogP contribution in [-0.4, -0.2) is 47.9 Å². The Labute approximate surface area is 211 Å². The molecule has 9 heteroatoms. The van der Waals surface area contributed by atoms with E-state index in [0.717, 1.165) is 10.5 Å². The van der Waals surface area contributed by atoms with E-state index in [-0.39, 0.29) is 17.3 Å². The second-order valence-corrected chi connectivity index (χ2v) is 10.3. The maximum absolute atomic E-state index is 13.2. The van der Waals surface area contributed by atoms with Gasteiger partial charge in [0.2, 0.25) is 0 Å². The Kier molecular flexibility index (Phi) is 9.06. The smallest absolute Gasteiger partial charge is 0.264 e. The molecule has 0 aliphatic carbocycles. The predicted molar refractivity (Wildman–Crippen MR) is 140 cm³/mol. The average Bonchev–Trinajstić information content (AvgIpc) is 2.89. The van der Waals surface area contributed by atoms with Crippen LogP contribution in [0, 0.1) is 0 Å². The van der Waals surface area contributed by atoms with Crippen LogP contribution in [0.1, 0.15) is 22.8 Å². The summed E-state index contributed by atoms with van der Waals surface area (Å²) >= 11 is 1.55. The Morgan fingerprint density at radius 3 is 2.17 bits per heavy atom. The Bertz CT molecular complexity index is 1240. The Morgan fingerprint density at radius 2 is 1.60 bits per heavy atom. The summed E-state index contributed by atoms with van der Waals surface area (Å²) in [5.74, 6) is 1.07. The first-order valence-corrected chi connectivity index (χ1v) is 13.8. The van der Waals surface area contributed by atoms with Gasteiger partial charge in [0.05, 0.1) is 24.8 Å². The van der Waals surface area contributed by atoms with Gasteiger partial charge >= 0.3 is 0 Å². The number of nitrogens with zero attached hydrogens (tertiary/aromatic N) is 1. The lowest BCUT2D eigenvalue weighted by molar-refractivity contribution is 0.0954. The number of sulfonamides is 1. The zero-order valence-corrected chi connectivity index (χ0v) is 21.9. The molecule has 0 aliphatic heterocycles. The number of nitrogens with one attached hydrogen (secondary N) is 1. The third kappa shape index (κ3) is 6.29. The van der Waals surface area contributed by atoms with E-state index < -0.39 is 10.0 Å². The van der Waals surface area contributed by atoms with Gasteiger partial charge in [-0.25, -0.2) is 8.42 Å². The van der Waals surface area contributed by atoms with E-state index in [1.807, 2.05) is 24.5 Å². The van der Waals surface area contributed by atoms with E-state index >= 15 is 0 Å². The SMILES string of the molecule is CCN(c1ccc(C(=O)NCCc2ccc(OC)c(OC)c2)cc1)S(=O)(=O)c1ccc(SC)cc1. The highest BCUT2D eigenvalue weighted by Crippen LogP contribution is 2.28. The summed E-state index contributed by atoms with van der Waals surface area (Å²) in [6.07, 6.45) is 2.57. The molecule has 0 fully saturated rings. The molecule has 3 aromatic rings. The van der Waals surface area contributed by atoms with Crippen LogP contribution < -0.4 is 19.1 Å². The second-order valence-electron chi connectivity index (χ2n) is 7.59. The minimum Gasteiger partial charge on any atom is -0.493 e. The first-order valence-electron chi connectivity index (χ1n) is 11.1. The van der Waals surface area contributed by atoms with Crippen molar-refractivity contribution in [3.63, 3.8) is 0 Å². The number of anilines is 1. The van der Waals surface area contributed by atoms with Crippen molar-refractivity contribution in [3.8, 4) is 11.5 Å². The first-order chi connectivity index (χ1) is 16.8. The van der Waals surface area contributed by atoms with E-state index in [4.69, 9.17) is 9.47 Å². The van der Waals surface area contributed by atoms with Gasteiger partial charge in [0, 0.05) is 23.5 Å². The summed E-state index contributed by atoms with van der Waals surface area (Å²) in [6.45, 7) is 2.49. The van der Waals surface area contributed by atoms with Crippen molar-refractivity contribution >= 4 is 33.4 Å². The Hall–Kier alpha value is -3.17. The highest BCUT2D eigenvalue weighted by molar-refractivity contribution is 7.98. The fraction of sp³-hybridized carbons (Fsp3) is 0.269. The highest BCUT2D eigenvalue weighted by Gasteiger charge is 2.23. The van der Waals surface area contributed by atoms with Gasteiger partial charge in [-0.05, 0) is 85.8 Å². The minimum absolute atomic E-state index is 0.226. The van der Waals surface area contributed by atoms with E-state index in [0.29, 0.717) is 35.7 Å².